The van der Waals surface area contributed by atoms with Crippen molar-refractivity contribution in [2.45, 2.75) is 13.0 Å². The van der Waals surface area contributed by atoms with Crippen LogP contribution in [0.4, 0.5) is 0 Å². The fourth-order valence-corrected chi connectivity index (χ4v) is 3.44. The van der Waals surface area contributed by atoms with E-state index in [9.17, 15) is 0 Å². The van der Waals surface area contributed by atoms with E-state index >= 15 is 0 Å². The molecule has 1 fully saturated rings. The van der Waals surface area contributed by atoms with Crippen molar-refractivity contribution in [2.24, 2.45) is 5.73 Å². The third-order valence-corrected chi connectivity index (χ3v) is 4.88. The van der Waals surface area contributed by atoms with Crippen LogP contribution in [0.25, 0.3) is 10.4 Å². The summed E-state index contributed by atoms with van der Waals surface area (Å²) in [7, 11) is 0. The average Bonchev–Trinajstić information content (AvgIpc) is 2.94. The molecule has 0 bridgehead atoms. The van der Waals surface area contributed by atoms with Crippen molar-refractivity contribution in [3.05, 3.63) is 41.0 Å². The topological polar surface area (TPSA) is 51.4 Å². The summed E-state index contributed by atoms with van der Waals surface area (Å²) in [4.78, 5) is 7.91. The molecule has 2 heterocycles. The van der Waals surface area contributed by atoms with Gasteiger partial charge in [0, 0.05) is 25.7 Å². The van der Waals surface area contributed by atoms with Crippen LogP contribution in [0.1, 0.15) is 17.3 Å². The molecule has 1 aromatic carbocycles. The van der Waals surface area contributed by atoms with Crippen molar-refractivity contribution in [3.8, 4) is 10.4 Å². The summed E-state index contributed by atoms with van der Waals surface area (Å²) in [5, 5.41) is 0. The molecule has 0 radical (unpaired) electrons. The zero-order valence-electron chi connectivity index (χ0n) is 12.3. The zero-order chi connectivity index (χ0) is 14.7. The van der Waals surface area contributed by atoms with Gasteiger partial charge in [0.2, 0.25) is 0 Å². The van der Waals surface area contributed by atoms with Crippen molar-refractivity contribution in [1.82, 2.24) is 9.88 Å². The quantitative estimate of drug-likeness (QED) is 0.942. The van der Waals surface area contributed by atoms with Crippen molar-refractivity contribution in [1.29, 1.82) is 0 Å². The lowest BCUT2D eigenvalue weighted by atomic mass is 10.0. The molecule has 3 rings (SSSR count). The van der Waals surface area contributed by atoms with Crippen molar-refractivity contribution >= 4 is 11.3 Å². The molecule has 1 saturated heterocycles. The largest absolute Gasteiger partial charge is 0.379 e. The van der Waals surface area contributed by atoms with Gasteiger partial charge in [-0.25, -0.2) is 4.98 Å². The van der Waals surface area contributed by atoms with Gasteiger partial charge in [-0.15, -0.1) is 11.3 Å². The van der Waals surface area contributed by atoms with Crippen LogP contribution in [0.3, 0.4) is 0 Å². The molecule has 0 unspecified atom stereocenters. The molecule has 0 spiro atoms. The van der Waals surface area contributed by atoms with Crippen LogP contribution < -0.4 is 5.73 Å². The number of aromatic nitrogens is 1. The van der Waals surface area contributed by atoms with E-state index in [1.807, 2.05) is 12.4 Å². The maximum absolute atomic E-state index is 6.33. The molecule has 0 amide bonds. The second-order valence-electron chi connectivity index (χ2n) is 5.41. The first-order valence-corrected chi connectivity index (χ1v) is 8.18. The molecule has 2 N–H and O–H groups in total. The SMILES string of the molecule is Cc1ncsc1-c1ccc([C@@H](N)CN2CCOCC2)cc1. The van der Waals surface area contributed by atoms with Gasteiger partial charge >= 0.3 is 0 Å². The van der Waals surface area contributed by atoms with Gasteiger partial charge in [0.15, 0.2) is 0 Å². The second kappa shape index (κ2) is 6.66. The molecule has 0 saturated carbocycles. The van der Waals surface area contributed by atoms with Crippen LogP contribution >= 0.6 is 11.3 Å². The van der Waals surface area contributed by atoms with E-state index in [1.165, 1.54) is 16.0 Å². The third kappa shape index (κ3) is 3.49. The number of hydrogen-bond acceptors (Lipinski definition) is 5. The second-order valence-corrected chi connectivity index (χ2v) is 6.26. The summed E-state index contributed by atoms with van der Waals surface area (Å²) >= 11 is 1.68. The Hall–Kier alpha value is -1.27. The van der Waals surface area contributed by atoms with Gasteiger partial charge in [0.05, 0.1) is 29.3 Å². The van der Waals surface area contributed by atoms with E-state index in [0.29, 0.717) is 0 Å². The molecule has 1 atom stereocenters. The van der Waals surface area contributed by atoms with E-state index in [-0.39, 0.29) is 6.04 Å². The predicted molar refractivity (Wildman–Crippen MR) is 86.5 cm³/mol. The van der Waals surface area contributed by atoms with Crippen LogP contribution in [-0.4, -0.2) is 42.7 Å². The van der Waals surface area contributed by atoms with Crippen LogP contribution in [0.15, 0.2) is 29.8 Å². The Morgan fingerprint density at radius 1 is 1.29 bits per heavy atom. The van der Waals surface area contributed by atoms with E-state index < -0.39 is 0 Å². The minimum atomic E-state index is 0.0553. The number of morpholine rings is 1. The highest BCUT2D eigenvalue weighted by Crippen LogP contribution is 2.28. The molecule has 1 aliphatic rings. The molecule has 1 aromatic heterocycles. The Labute approximate surface area is 129 Å². The van der Waals surface area contributed by atoms with Crippen LogP contribution in [-0.2, 0) is 4.74 Å². The number of hydrogen-bond donors (Lipinski definition) is 1. The number of aryl methyl sites for hydroxylation is 1. The van der Waals surface area contributed by atoms with Crippen molar-refractivity contribution < 1.29 is 4.74 Å². The normalized spacial score (nSPS) is 17.8. The maximum Gasteiger partial charge on any atom is 0.0801 e. The van der Waals surface area contributed by atoms with E-state index in [2.05, 4.69) is 34.1 Å². The highest BCUT2D eigenvalue weighted by molar-refractivity contribution is 7.13. The van der Waals surface area contributed by atoms with E-state index in [4.69, 9.17) is 10.5 Å². The standard InChI is InChI=1S/C16H21N3OS/c1-12-16(21-11-18-12)14-4-2-13(3-5-14)15(17)10-19-6-8-20-9-7-19/h2-5,11,15H,6-10,17H2,1H3/t15-/m0/s1. The minimum Gasteiger partial charge on any atom is -0.379 e. The molecule has 2 aromatic rings. The minimum absolute atomic E-state index is 0.0553. The highest BCUT2D eigenvalue weighted by atomic mass is 32.1. The summed E-state index contributed by atoms with van der Waals surface area (Å²) in [6.45, 7) is 6.52. The van der Waals surface area contributed by atoms with Gasteiger partial charge in [-0.05, 0) is 18.1 Å². The average molecular weight is 303 g/mol. The van der Waals surface area contributed by atoms with Crippen molar-refractivity contribution in [3.63, 3.8) is 0 Å². The van der Waals surface area contributed by atoms with Crippen molar-refractivity contribution in [2.75, 3.05) is 32.8 Å². The summed E-state index contributed by atoms with van der Waals surface area (Å²) in [5.41, 5.74) is 11.7. The van der Waals surface area contributed by atoms with E-state index in [1.54, 1.807) is 11.3 Å². The van der Waals surface area contributed by atoms with Gasteiger partial charge in [-0.2, -0.15) is 0 Å². The maximum atomic E-state index is 6.33. The number of benzene rings is 1. The number of nitrogens with zero attached hydrogens (tertiary/aromatic N) is 2. The van der Waals surface area contributed by atoms with Crippen LogP contribution in [0.2, 0.25) is 0 Å². The van der Waals surface area contributed by atoms with Crippen LogP contribution in [0, 0.1) is 6.92 Å². The highest BCUT2D eigenvalue weighted by Gasteiger charge is 2.15. The Morgan fingerprint density at radius 2 is 2.00 bits per heavy atom. The summed E-state index contributed by atoms with van der Waals surface area (Å²) < 4.78 is 5.37. The van der Waals surface area contributed by atoms with Gasteiger partial charge in [-0.3, -0.25) is 4.90 Å². The molecular formula is C16H21N3OS. The van der Waals surface area contributed by atoms with Crippen LogP contribution in [0.5, 0.6) is 0 Å². The summed E-state index contributed by atoms with van der Waals surface area (Å²) in [6.07, 6.45) is 0. The fraction of sp³-hybridized carbons (Fsp3) is 0.438. The molecule has 4 nitrogen and oxygen atoms in total. The first kappa shape index (κ1) is 14.7. The Kier molecular flexibility index (Phi) is 4.65. The number of rotatable bonds is 4. The fourth-order valence-electron chi connectivity index (χ4n) is 2.63. The Morgan fingerprint density at radius 3 is 2.62 bits per heavy atom. The molecule has 21 heavy (non-hydrogen) atoms. The Balaban J connectivity index is 1.67. The molecular weight excluding hydrogens is 282 g/mol. The molecule has 0 aliphatic carbocycles. The van der Waals surface area contributed by atoms with Gasteiger partial charge in [0.1, 0.15) is 0 Å². The van der Waals surface area contributed by atoms with Gasteiger partial charge in [0.25, 0.3) is 0 Å². The smallest absolute Gasteiger partial charge is 0.0801 e. The Bertz CT molecular complexity index is 575. The first-order chi connectivity index (χ1) is 10.2. The number of thiazole rings is 1. The monoisotopic (exact) mass is 303 g/mol. The van der Waals surface area contributed by atoms with Gasteiger partial charge in [-0.1, -0.05) is 24.3 Å². The number of nitrogens with two attached hydrogens (primary N) is 1. The molecule has 112 valence electrons. The predicted octanol–water partition coefficient (Wildman–Crippen LogP) is 2.45. The lowest BCUT2D eigenvalue weighted by Gasteiger charge is -2.29. The van der Waals surface area contributed by atoms with E-state index in [0.717, 1.165) is 38.5 Å². The lowest BCUT2D eigenvalue weighted by molar-refractivity contribution is 0.0352. The first-order valence-electron chi connectivity index (χ1n) is 7.30. The number of ether oxygens (including phenoxy) is 1. The molecule has 1 aliphatic heterocycles. The zero-order valence-corrected chi connectivity index (χ0v) is 13.1. The lowest BCUT2D eigenvalue weighted by Crippen LogP contribution is -2.40. The summed E-state index contributed by atoms with van der Waals surface area (Å²) in [6, 6.07) is 8.63. The molecule has 5 heteroatoms. The summed E-state index contributed by atoms with van der Waals surface area (Å²) in [5.74, 6) is 0. The van der Waals surface area contributed by atoms with Gasteiger partial charge < -0.3 is 10.5 Å². The third-order valence-electron chi connectivity index (χ3n) is 3.91.